The Bertz CT molecular complexity index is 248. The van der Waals surface area contributed by atoms with E-state index in [1.165, 1.54) is 70.6 Å². The fourth-order valence-electron chi connectivity index (χ4n) is 2.44. The van der Waals surface area contributed by atoms with Crippen LogP contribution in [0.4, 0.5) is 0 Å². The number of unbranched alkanes of at least 4 members (excludes halogenated alkanes) is 10. The van der Waals surface area contributed by atoms with Crippen molar-refractivity contribution < 1.29 is 14.2 Å². The van der Waals surface area contributed by atoms with Gasteiger partial charge >= 0.3 is 0 Å². The van der Waals surface area contributed by atoms with Crippen LogP contribution in [0.2, 0.25) is 0 Å². The molecule has 0 radical (unpaired) electrons. The van der Waals surface area contributed by atoms with Gasteiger partial charge in [-0.05, 0) is 12.8 Å². The van der Waals surface area contributed by atoms with Crippen LogP contribution in [0, 0.1) is 0 Å². The molecule has 0 spiro atoms. The molecule has 2 fully saturated rings. The Balaban J connectivity index is 0.000000248. The van der Waals surface area contributed by atoms with E-state index in [9.17, 15) is 0 Å². The quantitative estimate of drug-likeness (QED) is 0.233. The van der Waals surface area contributed by atoms with Crippen molar-refractivity contribution in [3.63, 3.8) is 0 Å². The van der Waals surface area contributed by atoms with Crippen molar-refractivity contribution in [3.8, 4) is 0 Å². The average Bonchev–Trinajstić information content (AvgIpc) is 3.45. The van der Waals surface area contributed by atoms with Gasteiger partial charge in [0.2, 0.25) is 0 Å². The van der Waals surface area contributed by atoms with E-state index in [1.54, 1.807) is 0 Å². The normalized spacial score (nSPS) is 21.4. The van der Waals surface area contributed by atoms with E-state index in [2.05, 4.69) is 13.5 Å². The number of epoxide rings is 2. The molecule has 0 bridgehead atoms. The van der Waals surface area contributed by atoms with Crippen LogP contribution in [0.3, 0.4) is 0 Å². The van der Waals surface area contributed by atoms with E-state index in [-0.39, 0.29) is 0 Å². The minimum absolute atomic E-state index is 0.392. The van der Waals surface area contributed by atoms with Crippen molar-refractivity contribution >= 4 is 0 Å². The highest BCUT2D eigenvalue weighted by Gasteiger charge is 2.26. The SMILES string of the molecule is C(OCC1CO1)C1CO1.C=CCCCCCCCCCCCC. The van der Waals surface area contributed by atoms with Crippen LogP contribution in [-0.4, -0.2) is 38.6 Å². The van der Waals surface area contributed by atoms with Gasteiger partial charge in [0.25, 0.3) is 0 Å². The lowest BCUT2D eigenvalue weighted by Gasteiger charge is -2.00. The van der Waals surface area contributed by atoms with Gasteiger partial charge < -0.3 is 14.2 Å². The Kier molecular flexibility index (Phi) is 13.6. The third-order valence-electron chi connectivity index (χ3n) is 4.17. The molecule has 3 heteroatoms. The Morgan fingerprint density at radius 3 is 1.65 bits per heavy atom. The summed E-state index contributed by atoms with van der Waals surface area (Å²) >= 11 is 0. The molecule has 0 aromatic heterocycles. The Hall–Kier alpha value is -0.380. The number of hydrogen-bond donors (Lipinski definition) is 0. The first-order chi connectivity index (χ1) is 11.4. The van der Waals surface area contributed by atoms with Crippen molar-refractivity contribution in [2.75, 3.05) is 26.4 Å². The van der Waals surface area contributed by atoms with E-state index < -0.39 is 0 Å². The van der Waals surface area contributed by atoms with E-state index >= 15 is 0 Å². The zero-order valence-corrected chi connectivity index (χ0v) is 15.3. The van der Waals surface area contributed by atoms with Crippen molar-refractivity contribution in [2.45, 2.75) is 89.8 Å². The summed E-state index contributed by atoms with van der Waals surface area (Å²) in [6, 6.07) is 0. The zero-order chi connectivity index (χ0) is 16.6. The summed E-state index contributed by atoms with van der Waals surface area (Å²) in [5, 5.41) is 0. The lowest BCUT2D eigenvalue weighted by molar-refractivity contribution is 0.102. The van der Waals surface area contributed by atoms with Gasteiger partial charge in [-0.3, -0.25) is 0 Å². The molecule has 0 aliphatic carbocycles. The van der Waals surface area contributed by atoms with Gasteiger partial charge in [-0.25, -0.2) is 0 Å². The van der Waals surface area contributed by atoms with Gasteiger partial charge in [0.15, 0.2) is 0 Å². The molecule has 2 aliphatic rings. The lowest BCUT2D eigenvalue weighted by Crippen LogP contribution is -2.06. The molecule has 3 nitrogen and oxygen atoms in total. The molecule has 0 amide bonds. The van der Waals surface area contributed by atoms with E-state index in [0.717, 1.165) is 26.4 Å². The van der Waals surface area contributed by atoms with Gasteiger partial charge in [0.1, 0.15) is 12.2 Å². The summed E-state index contributed by atoms with van der Waals surface area (Å²) in [4.78, 5) is 0. The second-order valence-electron chi connectivity index (χ2n) is 6.71. The van der Waals surface area contributed by atoms with E-state index in [0.29, 0.717) is 12.2 Å². The van der Waals surface area contributed by atoms with Crippen molar-refractivity contribution in [2.24, 2.45) is 0 Å². The monoisotopic (exact) mass is 326 g/mol. The van der Waals surface area contributed by atoms with Gasteiger partial charge in [-0.1, -0.05) is 70.8 Å². The summed E-state index contributed by atoms with van der Waals surface area (Å²) in [5.74, 6) is 0. The molecular formula is C20H38O3. The highest BCUT2D eigenvalue weighted by atomic mass is 16.6. The van der Waals surface area contributed by atoms with Crippen LogP contribution in [-0.2, 0) is 14.2 Å². The summed E-state index contributed by atoms with van der Waals surface area (Å²) in [5.41, 5.74) is 0. The molecule has 2 unspecified atom stereocenters. The largest absolute Gasteiger partial charge is 0.376 e. The molecule has 0 saturated carbocycles. The molecule has 2 atom stereocenters. The Morgan fingerprint density at radius 2 is 1.26 bits per heavy atom. The molecule has 2 aliphatic heterocycles. The smallest absolute Gasteiger partial charge is 0.104 e. The average molecular weight is 327 g/mol. The lowest BCUT2D eigenvalue weighted by atomic mass is 10.1. The second kappa shape index (κ2) is 15.2. The molecule has 2 rings (SSSR count). The molecule has 136 valence electrons. The third-order valence-corrected chi connectivity index (χ3v) is 4.17. The predicted molar refractivity (Wildman–Crippen MR) is 97.0 cm³/mol. The highest BCUT2D eigenvalue weighted by molar-refractivity contribution is 4.71. The van der Waals surface area contributed by atoms with E-state index in [4.69, 9.17) is 14.2 Å². The third kappa shape index (κ3) is 16.3. The Labute approximate surface area is 143 Å². The van der Waals surface area contributed by atoms with Gasteiger partial charge in [0.05, 0.1) is 26.4 Å². The zero-order valence-electron chi connectivity index (χ0n) is 15.3. The minimum atomic E-state index is 0.392. The first-order valence-corrected chi connectivity index (χ1v) is 9.78. The molecule has 2 heterocycles. The maximum Gasteiger partial charge on any atom is 0.104 e. The van der Waals surface area contributed by atoms with Crippen LogP contribution < -0.4 is 0 Å². The van der Waals surface area contributed by atoms with Crippen molar-refractivity contribution in [1.29, 1.82) is 0 Å². The van der Waals surface area contributed by atoms with Crippen LogP contribution in [0.25, 0.3) is 0 Å². The molecule has 0 aromatic rings. The summed E-state index contributed by atoms with van der Waals surface area (Å²) in [6.45, 7) is 9.27. The second-order valence-corrected chi connectivity index (χ2v) is 6.71. The fourth-order valence-corrected chi connectivity index (χ4v) is 2.44. The highest BCUT2D eigenvalue weighted by Crippen LogP contribution is 2.12. The molecular weight excluding hydrogens is 288 g/mol. The molecule has 0 aromatic carbocycles. The van der Waals surface area contributed by atoms with Crippen molar-refractivity contribution in [1.82, 2.24) is 0 Å². The van der Waals surface area contributed by atoms with Crippen molar-refractivity contribution in [3.05, 3.63) is 12.7 Å². The van der Waals surface area contributed by atoms with Crippen LogP contribution in [0.5, 0.6) is 0 Å². The maximum absolute atomic E-state index is 5.23. The topological polar surface area (TPSA) is 34.3 Å². The van der Waals surface area contributed by atoms with Gasteiger partial charge in [-0.15, -0.1) is 6.58 Å². The van der Waals surface area contributed by atoms with Crippen LogP contribution in [0.1, 0.15) is 77.6 Å². The predicted octanol–water partition coefficient (Wildman–Crippen LogP) is 5.28. The Morgan fingerprint density at radius 1 is 0.826 bits per heavy atom. The molecule has 23 heavy (non-hydrogen) atoms. The first kappa shape index (κ1) is 20.7. The summed E-state index contributed by atoms with van der Waals surface area (Å²) in [7, 11) is 0. The minimum Gasteiger partial charge on any atom is -0.376 e. The number of hydrogen-bond acceptors (Lipinski definition) is 3. The molecule has 0 N–H and O–H groups in total. The first-order valence-electron chi connectivity index (χ1n) is 9.78. The van der Waals surface area contributed by atoms with Gasteiger partial charge in [-0.2, -0.15) is 0 Å². The van der Waals surface area contributed by atoms with Gasteiger partial charge in [0, 0.05) is 0 Å². The fraction of sp³-hybridized carbons (Fsp3) is 0.900. The number of ether oxygens (including phenoxy) is 3. The standard InChI is InChI=1S/C14H28.C6H10O3/c1-3-5-7-9-11-13-14-12-10-8-6-4-2;1(5-3-8-5)7-2-6-4-9-6/h3H,1,4-14H2,2H3;5-6H,1-4H2. The van der Waals surface area contributed by atoms with E-state index in [1.807, 2.05) is 6.08 Å². The molecule has 2 saturated heterocycles. The maximum atomic E-state index is 5.23. The van der Waals surface area contributed by atoms with Crippen LogP contribution in [0.15, 0.2) is 12.7 Å². The summed E-state index contributed by atoms with van der Waals surface area (Å²) in [6.07, 6.45) is 18.3. The number of allylic oxidation sites excluding steroid dienone is 1. The summed E-state index contributed by atoms with van der Waals surface area (Å²) < 4.78 is 15.1. The van der Waals surface area contributed by atoms with Crippen LogP contribution >= 0.6 is 0 Å². The number of rotatable bonds is 15.